The SMILES string of the molecule is CNC(=O)NC(=O)C(C)OC(=O)c1ccccc1[N+](=O)[O-]. The van der Waals surface area contributed by atoms with Crippen molar-refractivity contribution >= 4 is 23.6 Å². The van der Waals surface area contributed by atoms with Gasteiger partial charge in [-0.2, -0.15) is 0 Å². The van der Waals surface area contributed by atoms with E-state index in [-0.39, 0.29) is 5.56 Å². The highest BCUT2D eigenvalue weighted by atomic mass is 16.6. The molecule has 1 aromatic rings. The molecule has 1 unspecified atom stereocenters. The topological polar surface area (TPSA) is 128 Å². The monoisotopic (exact) mass is 295 g/mol. The number of carbonyl (C=O) groups is 3. The van der Waals surface area contributed by atoms with Gasteiger partial charge in [0, 0.05) is 13.1 Å². The molecule has 112 valence electrons. The summed E-state index contributed by atoms with van der Waals surface area (Å²) in [5.41, 5.74) is -0.705. The molecular weight excluding hydrogens is 282 g/mol. The molecule has 0 fully saturated rings. The van der Waals surface area contributed by atoms with Gasteiger partial charge in [-0.15, -0.1) is 0 Å². The molecule has 0 aromatic heterocycles. The van der Waals surface area contributed by atoms with Crippen LogP contribution in [0.5, 0.6) is 0 Å². The van der Waals surface area contributed by atoms with E-state index in [9.17, 15) is 24.5 Å². The first-order chi connectivity index (χ1) is 9.86. The number of nitrogens with zero attached hydrogens (tertiary/aromatic N) is 1. The smallest absolute Gasteiger partial charge is 0.345 e. The van der Waals surface area contributed by atoms with Crippen molar-refractivity contribution < 1.29 is 24.0 Å². The molecule has 0 aliphatic carbocycles. The first-order valence-electron chi connectivity index (χ1n) is 5.83. The number of para-hydroxylation sites is 1. The maximum Gasteiger partial charge on any atom is 0.345 e. The van der Waals surface area contributed by atoms with E-state index in [1.165, 1.54) is 32.2 Å². The Morgan fingerprint density at radius 3 is 2.48 bits per heavy atom. The summed E-state index contributed by atoms with van der Waals surface area (Å²) in [5, 5.41) is 14.9. The number of amides is 3. The average molecular weight is 295 g/mol. The summed E-state index contributed by atoms with van der Waals surface area (Å²) in [4.78, 5) is 44.4. The van der Waals surface area contributed by atoms with Gasteiger partial charge in [-0.3, -0.25) is 20.2 Å². The van der Waals surface area contributed by atoms with Gasteiger partial charge in [0.15, 0.2) is 6.10 Å². The zero-order chi connectivity index (χ0) is 16.0. The quantitative estimate of drug-likeness (QED) is 0.475. The Morgan fingerprint density at radius 2 is 1.90 bits per heavy atom. The van der Waals surface area contributed by atoms with E-state index in [0.29, 0.717) is 0 Å². The molecule has 0 radical (unpaired) electrons. The second-order valence-electron chi connectivity index (χ2n) is 3.89. The number of nitro groups is 1. The van der Waals surface area contributed by atoms with Crippen LogP contribution >= 0.6 is 0 Å². The van der Waals surface area contributed by atoms with Crippen LogP contribution in [0.4, 0.5) is 10.5 Å². The molecule has 1 atom stereocenters. The van der Waals surface area contributed by atoms with Gasteiger partial charge >= 0.3 is 12.0 Å². The van der Waals surface area contributed by atoms with Gasteiger partial charge in [-0.05, 0) is 13.0 Å². The third-order valence-corrected chi connectivity index (χ3v) is 2.44. The number of nitro benzene ring substituents is 1. The number of benzene rings is 1. The number of hydrogen-bond donors (Lipinski definition) is 2. The number of urea groups is 1. The van der Waals surface area contributed by atoms with E-state index in [1.54, 1.807) is 0 Å². The molecule has 0 aliphatic rings. The van der Waals surface area contributed by atoms with Crippen LogP contribution in [-0.4, -0.2) is 36.0 Å². The fraction of sp³-hybridized carbons (Fsp3) is 0.250. The van der Waals surface area contributed by atoms with Crippen molar-refractivity contribution in [2.45, 2.75) is 13.0 Å². The van der Waals surface area contributed by atoms with E-state index >= 15 is 0 Å². The minimum absolute atomic E-state index is 0.276. The Hall–Kier alpha value is -2.97. The standard InChI is InChI=1S/C12H13N3O6/c1-7(10(16)14-12(18)13-2)21-11(17)8-5-3-4-6-9(8)15(19)20/h3-7H,1-2H3,(H2,13,14,16,18). The van der Waals surface area contributed by atoms with E-state index in [2.05, 4.69) is 5.32 Å². The third kappa shape index (κ3) is 4.27. The molecule has 0 spiro atoms. The molecule has 0 aliphatic heterocycles. The number of esters is 1. The molecular formula is C12H13N3O6. The molecule has 2 N–H and O–H groups in total. The Labute approximate surface area is 119 Å². The lowest BCUT2D eigenvalue weighted by Gasteiger charge is -2.12. The minimum Gasteiger partial charge on any atom is -0.449 e. The van der Waals surface area contributed by atoms with Crippen molar-refractivity contribution in [3.05, 3.63) is 39.9 Å². The molecule has 0 saturated heterocycles. The molecule has 3 amide bonds. The lowest BCUT2D eigenvalue weighted by molar-refractivity contribution is -0.385. The second kappa shape index (κ2) is 6.98. The van der Waals surface area contributed by atoms with Gasteiger partial charge in [0.05, 0.1) is 4.92 Å². The average Bonchev–Trinajstić information content (AvgIpc) is 2.46. The summed E-state index contributed by atoms with van der Waals surface area (Å²) in [6.45, 7) is 1.24. The lowest BCUT2D eigenvalue weighted by Crippen LogP contribution is -2.43. The van der Waals surface area contributed by atoms with Crippen LogP contribution in [0.15, 0.2) is 24.3 Å². The van der Waals surface area contributed by atoms with E-state index in [4.69, 9.17) is 4.74 Å². The van der Waals surface area contributed by atoms with Crippen molar-refractivity contribution in [1.82, 2.24) is 10.6 Å². The van der Waals surface area contributed by atoms with Crippen molar-refractivity contribution in [3.63, 3.8) is 0 Å². The van der Waals surface area contributed by atoms with Gasteiger partial charge in [-0.25, -0.2) is 9.59 Å². The molecule has 1 aromatic carbocycles. The van der Waals surface area contributed by atoms with Gasteiger partial charge < -0.3 is 10.1 Å². The minimum atomic E-state index is -1.28. The normalized spacial score (nSPS) is 11.1. The highest BCUT2D eigenvalue weighted by Crippen LogP contribution is 2.19. The Bertz CT molecular complexity index is 586. The fourth-order valence-electron chi connectivity index (χ4n) is 1.36. The highest BCUT2D eigenvalue weighted by Gasteiger charge is 2.25. The molecule has 9 nitrogen and oxygen atoms in total. The van der Waals surface area contributed by atoms with Crippen LogP contribution in [0.25, 0.3) is 0 Å². The maximum atomic E-state index is 11.8. The van der Waals surface area contributed by atoms with Crippen LogP contribution in [0.2, 0.25) is 0 Å². The molecule has 0 saturated carbocycles. The summed E-state index contributed by atoms with van der Waals surface area (Å²) in [6, 6.07) is 4.43. The predicted octanol–water partition coefficient (Wildman–Crippen LogP) is 0.596. The van der Waals surface area contributed by atoms with Crippen LogP contribution in [0.1, 0.15) is 17.3 Å². The first kappa shape index (κ1) is 16.1. The highest BCUT2D eigenvalue weighted by molar-refractivity contribution is 5.99. The van der Waals surface area contributed by atoms with Gasteiger partial charge in [0.2, 0.25) is 0 Å². The van der Waals surface area contributed by atoms with Gasteiger partial charge in [0.25, 0.3) is 11.6 Å². The first-order valence-corrected chi connectivity index (χ1v) is 5.83. The molecule has 9 heteroatoms. The summed E-state index contributed by atoms with van der Waals surface area (Å²) in [5.74, 6) is -1.87. The number of nitrogens with one attached hydrogen (secondary N) is 2. The molecule has 0 heterocycles. The number of rotatable bonds is 4. The Morgan fingerprint density at radius 1 is 1.29 bits per heavy atom. The summed E-state index contributed by atoms with van der Waals surface area (Å²) >= 11 is 0. The van der Waals surface area contributed by atoms with Crippen LogP contribution < -0.4 is 10.6 Å². The number of ether oxygens (including phenoxy) is 1. The van der Waals surface area contributed by atoms with Crippen LogP contribution in [0, 0.1) is 10.1 Å². The van der Waals surface area contributed by atoms with Crippen molar-refractivity contribution in [2.24, 2.45) is 0 Å². The lowest BCUT2D eigenvalue weighted by atomic mass is 10.2. The van der Waals surface area contributed by atoms with E-state index in [1.807, 2.05) is 5.32 Å². The van der Waals surface area contributed by atoms with Gasteiger partial charge in [-0.1, -0.05) is 12.1 Å². The Balaban J connectivity index is 2.80. The summed E-state index contributed by atoms with van der Waals surface area (Å²) in [6.07, 6.45) is -1.28. The third-order valence-electron chi connectivity index (χ3n) is 2.44. The zero-order valence-electron chi connectivity index (χ0n) is 11.3. The zero-order valence-corrected chi connectivity index (χ0v) is 11.3. The van der Waals surface area contributed by atoms with Crippen molar-refractivity contribution in [1.29, 1.82) is 0 Å². The van der Waals surface area contributed by atoms with Gasteiger partial charge in [0.1, 0.15) is 5.56 Å². The predicted molar refractivity (Wildman–Crippen MR) is 70.6 cm³/mol. The molecule has 1 rings (SSSR count). The summed E-state index contributed by atoms with van der Waals surface area (Å²) in [7, 11) is 1.31. The molecule has 21 heavy (non-hydrogen) atoms. The fourth-order valence-corrected chi connectivity index (χ4v) is 1.36. The number of carbonyl (C=O) groups excluding carboxylic acids is 3. The molecule has 0 bridgehead atoms. The number of hydrogen-bond acceptors (Lipinski definition) is 6. The maximum absolute atomic E-state index is 11.8. The Kier molecular flexibility index (Phi) is 5.35. The van der Waals surface area contributed by atoms with Crippen molar-refractivity contribution in [2.75, 3.05) is 7.05 Å². The largest absolute Gasteiger partial charge is 0.449 e. The second-order valence-corrected chi connectivity index (χ2v) is 3.89. The van der Waals surface area contributed by atoms with Crippen LogP contribution in [0.3, 0.4) is 0 Å². The van der Waals surface area contributed by atoms with Crippen LogP contribution in [-0.2, 0) is 9.53 Å². The summed E-state index contributed by atoms with van der Waals surface area (Å²) < 4.78 is 4.80. The van der Waals surface area contributed by atoms with Crippen molar-refractivity contribution in [3.8, 4) is 0 Å². The van der Waals surface area contributed by atoms with E-state index in [0.717, 1.165) is 6.07 Å². The van der Waals surface area contributed by atoms with E-state index < -0.39 is 34.6 Å². The number of imide groups is 1.